The molecule has 26 heavy (non-hydrogen) atoms. The molecule has 0 radical (unpaired) electrons. The van der Waals surface area contributed by atoms with Gasteiger partial charge < -0.3 is 20.4 Å². The van der Waals surface area contributed by atoms with E-state index in [4.69, 9.17) is 4.42 Å². The van der Waals surface area contributed by atoms with E-state index in [9.17, 15) is 4.79 Å². The predicted molar refractivity (Wildman–Crippen MR) is 105 cm³/mol. The zero-order chi connectivity index (χ0) is 18.8. The molecule has 0 spiro atoms. The number of anilines is 1. The summed E-state index contributed by atoms with van der Waals surface area (Å²) in [6.45, 7) is 5.42. The third kappa shape index (κ3) is 7.01. The quantitative estimate of drug-likeness (QED) is 0.501. The summed E-state index contributed by atoms with van der Waals surface area (Å²) in [6.07, 6.45) is 3.00. The number of carbonyl (C=O) groups excluding carboxylic acids is 1. The summed E-state index contributed by atoms with van der Waals surface area (Å²) >= 11 is 0. The topological polar surface area (TPSA) is 78.7 Å². The van der Waals surface area contributed by atoms with Gasteiger partial charge in [-0.05, 0) is 35.7 Å². The monoisotopic (exact) mass is 356 g/mol. The van der Waals surface area contributed by atoms with Gasteiger partial charge in [0.2, 0.25) is 5.91 Å². The van der Waals surface area contributed by atoms with Crippen LogP contribution in [0.15, 0.2) is 52.1 Å². The van der Waals surface area contributed by atoms with Gasteiger partial charge in [0.05, 0.1) is 6.26 Å². The van der Waals surface area contributed by atoms with Crippen molar-refractivity contribution in [2.75, 3.05) is 18.9 Å². The largest absolute Gasteiger partial charge is 0.469 e. The lowest BCUT2D eigenvalue weighted by Gasteiger charge is -2.13. The van der Waals surface area contributed by atoms with E-state index >= 15 is 0 Å². The lowest BCUT2D eigenvalue weighted by Crippen LogP contribution is -2.37. The number of aliphatic imine (C=N–C) groups is 1. The molecule has 0 atom stereocenters. The van der Waals surface area contributed by atoms with E-state index in [-0.39, 0.29) is 5.91 Å². The van der Waals surface area contributed by atoms with Crippen molar-refractivity contribution in [1.82, 2.24) is 10.6 Å². The summed E-state index contributed by atoms with van der Waals surface area (Å²) in [5.74, 6) is 2.06. The molecule has 0 aliphatic rings. The van der Waals surface area contributed by atoms with E-state index in [0.717, 1.165) is 35.9 Å². The first-order valence-electron chi connectivity index (χ1n) is 8.92. The van der Waals surface area contributed by atoms with Crippen molar-refractivity contribution in [2.24, 2.45) is 10.9 Å². The number of rotatable bonds is 8. The molecule has 2 aromatic rings. The van der Waals surface area contributed by atoms with E-state index in [1.807, 2.05) is 50.2 Å². The molecule has 6 heteroatoms. The summed E-state index contributed by atoms with van der Waals surface area (Å²) < 4.78 is 5.31. The Hall–Kier alpha value is -2.76. The van der Waals surface area contributed by atoms with Gasteiger partial charge in [0.15, 0.2) is 5.96 Å². The average Bonchev–Trinajstić information content (AvgIpc) is 3.11. The van der Waals surface area contributed by atoms with E-state index in [2.05, 4.69) is 20.9 Å². The maximum Gasteiger partial charge on any atom is 0.224 e. The van der Waals surface area contributed by atoms with Crippen LogP contribution >= 0.6 is 0 Å². The Balaban J connectivity index is 1.79. The summed E-state index contributed by atoms with van der Waals surface area (Å²) in [4.78, 5) is 16.1. The SMILES string of the molecule is CN=C(NCCc1ccco1)NCc1cccc(NC(=O)CC(C)C)c1. The second kappa shape index (κ2) is 10.3. The number of guanidine groups is 1. The molecule has 140 valence electrons. The number of carbonyl (C=O) groups is 1. The van der Waals surface area contributed by atoms with Crippen LogP contribution in [0.3, 0.4) is 0 Å². The van der Waals surface area contributed by atoms with Gasteiger partial charge in [0.1, 0.15) is 5.76 Å². The minimum absolute atomic E-state index is 0.0421. The van der Waals surface area contributed by atoms with Crippen LogP contribution in [0.5, 0.6) is 0 Å². The van der Waals surface area contributed by atoms with E-state index < -0.39 is 0 Å². The zero-order valence-electron chi connectivity index (χ0n) is 15.7. The number of nitrogens with one attached hydrogen (secondary N) is 3. The second-order valence-corrected chi connectivity index (χ2v) is 6.53. The van der Waals surface area contributed by atoms with Crippen molar-refractivity contribution >= 4 is 17.6 Å². The summed E-state index contributed by atoms with van der Waals surface area (Å²) in [7, 11) is 1.74. The van der Waals surface area contributed by atoms with Crippen molar-refractivity contribution in [3.8, 4) is 0 Å². The molecule has 0 aliphatic carbocycles. The summed E-state index contributed by atoms with van der Waals surface area (Å²) in [5, 5.41) is 9.47. The van der Waals surface area contributed by atoms with Crippen molar-refractivity contribution < 1.29 is 9.21 Å². The average molecular weight is 356 g/mol. The zero-order valence-corrected chi connectivity index (χ0v) is 15.7. The highest BCUT2D eigenvalue weighted by Crippen LogP contribution is 2.12. The third-order valence-corrected chi connectivity index (χ3v) is 3.73. The first-order chi connectivity index (χ1) is 12.6. The Morgan fingerprint density at radius 1 is 1.19 bits per heavy atom. The smallest absolute Gasteiger partial charge is 0.224 e. The molecular formula is C20H28N4O2. The fourth-order valence-electron chi connectivity index (χ4n) is 2.51. The molecule has 3 N–H and O–H groups in total. The summed E-state index contributed by atoms with van der Waals surface area (Å²) in [6, 6.07) is 11.7. The lowest BCUT2D eigenvalue weighted by molar-refractivity contribution is -0.116. The number of hydrogen-bond acceptors (Lipinski definition) is 3. The van der Waals surface area contributed by atoms with Crippen LogP contribution in [-0.2, 0) is 17.8 Å². The Bertz CT molecular complexity index is 708. The minimum atomic E-state index is 0.0421. The van der Waals surface area contributed by atoms with Crippen molar-refractivity contribution in [1.29, 1.82) is 0 Å². The highest BCUT2D eigenvalue weighted by molar-refractivity contribution is 5.90. The Morgan fingerprint density at radius 2 is 2.04 bits per heavy atom. The highest BCUT2D eigenvalue weighted by atomic mass is 16.3. The molecule has 0 saturated carbocycles. The molecule has 0 aliphatic heterocycles. The molecule has 1 aromatic carbocycles. The van der Waals surface area contributed by atoms with Crippen LogP contribution in [0.2, 0.25) is 0 Å². The van der Waals surface area contributed by atoms with Gasteiger partial charge in [-0.15, -0.1) is 0 Å². The standard InChI is InChI=1S/C20H28N4O2/c1-15(2)12-19(25)24-17-7-4-6-16(13-17)14-23-20(21-3)22-10-9-18-8-5-11-26-18/h4-8,11,13,15H,9-10,12,14H2,1-3H3,(H,24,25)(H2,21,22,23). The predicted octanol–water partition coefficient (Wildman–Crippen LogP) is 3.17. The van der Waals surface area contributed by atoms with Crippen LogP contribution < -0.4 is 16.0 Å². The molecule has 1 amide bonds. The van der Waals surface area contributed by atoms with Gasteiger partial charge in [-0.2, -0.15) is 0 Å². The minimum Gasteiger partial charge on any atom is -0.469 e. The van der Waals surface area contributed by atoms with E-state index in [1.54, 1.807) is 13.3 Å². The second-order valence-electron chi connectivity index (χ2n) is 6.53. The van der Waals surface area contributed by atoms with Gasteiger partial charge in [-0.3, -0.25) is 9.79 Å². The van der Waals surface area contributed by atoms with Gasteiger partial charge >= 0.3 is 0 Å². The van der Waals surface area contributed by atoms with Crippen molar-refractivity contribution in [2.45, 2.75) is 33.2 Å². The highest BCUT2D eigenvalue weighted by Gasteiger charge is 2.06. The number of benzene rings is 1. The lowest BCUT2D eigenvalue weighted by atomic mass is 10.1. The molecule has 2 rings (SSSR count). The normalized spacial score (nSPS) is 11.5. The van der Waals surface area contributed by atoms with Crippen LogP contribution in [0, 0.1) is 5.92 Å². The number of hydrogen-bond donors (Lipinski definition) is 3. The number of amides is 1. The fourth-order valence-corrected chi connectivity index (χ4v) is 2.51. The molecule has 0 fully saturated rings. The van der Waals surface area contributed by atoms with Crippen molar-refractivity contribution in [3.05, 3.63) is 54.0 Å². The first-order valence-corrected chi connectivity index (χ1v) is 8.92. The van der Waals surface area contributed by atoms with Gasteiger partial charge in [0.25, 0.3) is 0 Å². The first kappa shape index (κ1) is 19.6. The maximum absolute atomic E-state index is 11.9. The fraction of sp³-hybridized carbons (Fsp3) is 0.400. The third-order valence-electron chi connectivity index (χ3n) is 3.73. The van der Waals surface area contributed by atoms with Crippen molar-refractivity contribution in [3.63, 3.8) is 0 Å². The molecule has 0 bridgehead atoms. The van der Waals surface area contributed by atoms with Crippen LogP contribution in [0.25, 0.3) is 0 Å². The molecule has 0 unspecified atom stereocenters. The van der Waals surface area contributed by atoms with Crippen LogP contribution in [-0.4, -0.2) is 25.5 Å². The molecule has 1 heterocycles. The molecular weight excluding hydrogens is 328 g/mol. The number of furan rings is 1. The van der Waals surface area contributed by atoms with Crippen LogP contribution in [0.4, 0.5) is 5.69 Å². The van der Waals surface area contributed by atoms with Gasteiger partial charge in [-0.25, -0.2) is 0 Å². The maximum atomic E-state index is 11.9. The van der Waals surface area contributed by atoms with E-state index in [1.165, 1.54) is 0 Å². The Labute approximate surface area is 155 Å². The van der Waals surface area contributed by atoms with Gasteiger partial charge in [0, 0.05) is 38.7 Å². The van der Waals surface area contributed by atoms with E-state index in [0.29, 0.717) is 18.9 Å². The summed E-state index contributed by atoms with van der Waals surface area (Å²) in [5.41, 5.74) is 1.89. The molecule has 6 nitrogen and oxygen atoms in total. The Kier molecular flexibility index (Phi) is 7.74. The molecule has 0 saturated heterocycles. The molecule has 1 aromatic heterocycles. The van der Waals surface area contributed by atoms with Gasteiger partial charge in [-0.1, -0.05) is 26.0 Å². The van der Waals surface area contributed by atoms with Crippen LogP contribution in [0.1, 0.15) is 31.6 Å². The number of nitrogens with zero attached hydrogens (tertiary/aromatic N) is 1. The Morgan fingerprint density at radius 3 is 2.73 bits per heavy atom.